The number of rotatable bonds is 6. The first kappa shape index (κ1) is 27.6. The summed E-state index contributed by atoms with van der Waals surface area (Å²) in [7, 11) is 2.93. The van der Waals surface area contributed by atoms with Gasteiger partial charge >= 0.3 is 17.8 Å². The number of alkyl halides is 3. The lowest BCUT2D eigenvalue weighted by Gasteiger charge is -2.37. The van der Waals surface area contributed by atoms with Crippen LogP contribution in [0.5, 0.6) is 11.5 Å². The number of hydrogen-bond acceptors (Lipinski definition) is 4. The Kier molecular flexibility index (Phi) is 7.02. The molecule has 0 aliphatic carbocycles. The van der Waals surface area contributed by atoms with Gasteiger partial charge in [-0.1, -0.05) is 42.3 Å². The van der Waals surface area contributed by atoms with Crippen LogP contribution in [0.25, 0.3) is 11.0 Å². The van der Waals surface area contributed by atoms with Crippen LogP contribution in [0.15, 0.2) is 59.4 Å². The fourth-order valence-electron chi connectivity index (χ4n) is 4.39. The summed E-state index contributed by atoms with van der Waals surface area (Å²) in [6, 6.07) is 11.4. The summed E-state index contributed by atoms with van der Waals surface area (Å²) in [5, 5.41) is 20.2. The molecule has 4 rings (SSSR count). The molecule has 0 fully saturated rings. The monoisotopic (exact) mass is 568 g/mol. The normalized spacial score (nSPS) is 14.3. The number of aromatic carboxylic acids is 1. The van der Waals surface area contributed by atoms with E-state index in [2.05, 4.69) is 0 Å². The van der Waals surface area contributed by atoms with Crippen molar-refractivity contribution in [3.05, 3.63) is 91.8 Å². The predicted molar refractivity (Wildman–Crippen MR) is 136 cm³/mol. The third-order valence-corrected chi connectivity index (χ3v) is 7.24. The van der Waals surface area contributed by atoms with Gasteiger partial charge in [0.1, 0.15) is 11.5 Å². The highest BCUT2D eigenvalue weighted by Crippen LogP contribution is 2.50. The highest BCUT2D eigenvalue weighted by molar-refractivity contribution is 6.32. The Morgan fingerprint density at radius 2 is 1.61 bits per heavy atom. The number of aliphatic hydroxyl groups is 1. The zero-order chi connectivity index (χ0) is 28.2. The molecule has 2 N–H and O–H groups in total. The lowest BCUT2D eigenvalue weighted by atomic mass is 9.77. The van der Waals surface area contributed by atoms with E-state index in [4.69, 9.17) is 33.0 Å². The number of hydrogen-bond donors (Lipinski definition) is 2. The number of carboxylic acid groups (broad SMARTS) is 1. The van der Waals surface area contributed by atoms with Crippen molar-refractivity contribution in [3.8, 4) is 11.5 Å². The third-order valence-electron chi connectivity index (χ3n) is 6.62. The summed E-state index contributed by atoms with van der Waals surface area (Å²) in [6.45, 7) is 1.20. The predicted octanol–water partition coefficient (Wildman–Crippen LogP) is 6.23. The molecule has 2 unspecified atom stereocenters. The minimum atomic E-state index is -5.11. The van der Waals surface area contributed by atoms with E-state index in [1.54, 1.807) is 0 Å². The average molecular weight is 569 g/mol. The van der Waals surface area contributed by atoms with E-state index in [-0.39, 0.29) is 38.2 Å². The molecule has 0 aliphatic rings. The number of carbonyl (C=O) groups is 1. The van der Waals surface area contributed by atoms with E-state index < -0.39 is 34.9 Å². The van der Waals surface area contributed by atoms with Crippen LogP contribution in [0.3, 0.4) is 0 Å². The molecule has 0 spiro atoms. The lowest BCUT2D eigenvalue weighted by Crippen LogP contribution is -2.46. The number of carboxylic acids is 1. The first-order chi connectivity index (χ1) is 17.7. The van der Waals surface area contributed by atoms with Crippen LogP contribution in [0.2, 0.25) is 10.0 Å². The van der Waals surface area contributed by atoms with E-state index in [9.17, 15) is 27.9 Å². The van der Waals surface area contributed by atoms with Crippen molar-refractivity contribution in [1.29, 1.82) is 0 Å². The van der Waals surface area contributed by atoms with Crippen LogP contribution < -0.4 is 10.4 Å². The van der Waals surface area contributed by atoms with E-state index in [1.807, 2.05) is 0 Å². The van der Waals surface area contributed by atoms with Crippen molar-refractivity contribution in [3.63, 3.8) is 0 Å². The number of fused-ring (bicyclic) bond motifs is 1. The van der Waals surface area contributed by atoms with Gasteiger partial charge in [0.05, 0.1) is 21.6 Å². The summed E-state index contributed by atoms with van der Waals surface area (Å²) < 4.78 is 51.6. The second-order valence-electron chi connectivity index (χ2n) is 8.83. The van der Waals surface area contributed by atoms with Crippen LogP contribution >= 0.6 is 23.2 Å². The van der Waals surface area contributed by atoms with Gasteiger partial charge in [-0.2, -0.15) is 13.2 Å². The number of aryl methyl sites for hydroxylation is 2. The maximum Gasteiger partial charge on any atom is 0.422 e. The van der Waals surface area contributed by atoms with Gasteiger partial charge < -0.3 is 14.9 Å². The third kappa shape index (κ3) is 4.53. The van der Waals surface area contributed by atoms with Gasteiger partial charge in [0, 0.05) is 25.0 Å². The molecule has 38 heavy (non-hydrogen) atoms. The van der Waals surface area contributed by atoms with E-state index in [1.165, 1.54) is 72.6 Å². The molecule has 1 heterocycles. The van der Waals surface area contributed by atoms with Crippen LogP contribution in [-0.2, 0) is 19.7 Å². The maximum absolute atomic E-state index is 14.5. The van der Waals surface area contributed by atoms with Gasteiger partial charge in [-0.05, 0) is 53.6 Å². The molecule has 0 saturated heterocycles. The Hall–Kier alpha value is -3.47. The molecule has 0 saturated carbocycles. The molecule has 0 radical (unpaired) electrons. The molecule has 0 bridgehead atoms. The smallest absolute Gasteiger partial charge is 0.422 e. The summed E-state index contributed by atoms with van der Waals surface area (Å²) in [5.74, 6) is -2.50. The molecule has 3 aromatic carbocycles. The van der Waals surface area contributed by atoms with Crippen LogP contribution in [0.4, 0.5) is 13.2 Å². The SMILES string of the molecule is CC(c1ccc(Oc2ccc(C(=O)O)cc2Cl)cc1Cl)C(O)(c1ccc2c(c1)n(C)c(=O)n2C)C(F)(F)F. The van der Waals surface area contributed by atoms with Gasteiger partial charge in [-0.15, -0.1) is 0 Å². The quantitative estimate of drug-likeness (QED) is 0.287. The van der Waals surface area contributed by atoms with Gasteiger partial charge in [0.15, 0.2) is 5.60 Å². The first-order valence-electron chi connectivity index (χ1n) is 11.1. The van der Waals surface area contributed by atoms with E-state index >= 15 is 0 Å². The van der Waals surface area contributed by atoms with Crippen molar-refractivity contribution in [2.24, 2.45) is 14.1 Å². The number of benzene rings is 3. The van der Waals surface area contributed by atoms with Crippen molar-refractivity contribution in [1.82, 2.24) is 9.13 Å². The number of aromatic nitrogens is 2. The number of imidazole rings is 1. The highest BCUT2D eigenvalue weighted by atomic mass is 35.5. The first-order valence-corrected chi connectivity index (χ1v) is 11.9. The van der Waals surface area contributed by atoms with Gasteiger partial charge in [-0.25, -0.2) is 9.59 Å². The van der Waals surface area contributed by atoms with Crippen LogP contribution in [0.1, 0.15) is 34.3 Å². The van der Waals surface area contributed by atoms with Gasteiger partial charge in [0.25, 0.3) is 0 Å². The van der Waals surface area contributed by atoms with Crippen molar-refractivity contribution >= 4 is 40.2 Å². The molecule has 4 aromatic rings. The van der Waals surface area contributed by atoms with E-state index in [0.717, 1.165) is 12.1 Å². The molecule has 7 nitrogen and oxygen atoms in total. The highest BCUT2D eigenvalue weighted by Gasteiger charge is 2.59. The fourth-order valence-corrected chi connectivity index (χ4v) is 4.95. The fraction of sp³-hybridized carbons (Fsp3) is 0.231. The molecule has 0 aliphatic heterocycles. The zero-order valence-corrected chi connectivity index (χ0v) is 21.7. The van der Waals surface area contributed by atoms with Gasteiger partial charge in [-0.3, -0.25) is 9.13 Å². The molecular weight excluding hydrogens is 548 g/mol. The standard InChI is InChI=1S/C26H21Cl2F3N2O5/c1-13(17-7-6-16(12-18(17)27)38-22-9-4-14(23(34)35)10-19(22)28)25(37,26(29,30)31)15-5-8-20-21(11-15)33(3)24(36)32(20)2/h4-13,37H,1-3H3,(H,34,35). The molecule has 0 amide bonds. The maximum atomic E-state index is 14.5. The average Bonchev–Trinajstić information content (AvgIpc) is 3.07. The summed E-state index contributed by atoms with van der Waals surface area (Å²) in [5.41, 5.74) is -3.64. The van der Waals surface area contributed by atoms with E-state index in [0.29, 0.717) is 5.52 Å². The van der Waals surface area contributed by atoms with Crippen molar-refractivity contribution in [2.75, 3.05) is 0 Å². The number of ether oxygens (including phenoxy) is 1. The van der Waals surface area contributed by atoms with Crippen molar-refractivity contribution < 1.29 is 32.9 Å². The molecule has 2 atom stereocenters. The molecule has 1 aromatic heterocycles. The second kappa shape index (κ2) is 9.68. The Labute approximate surface area is 224 Å². The summed E-state index contributed by atoms with van der Waals surface area (Å²) >= 11 is 12.5. The Bertz CT molecular complexity index is 1630. The number of nitrogens with zero attached hydrogens (tertiary/aromatic N) is 2. The van der Waals surface area contributed by atoms with Crippen molar-refractivity contribution in [2.45, 2.75) is 24.6 Å². The minimum absolute atomic E-state index is 0.00629. The largest absolute Gasteiger partial charge is 0.478 e. The topological polar surface area (TPSA) is 93.7 Å². The molecule has 200 valence electrons. The van der Waals surface area contributed by atoms with Crippen LogP contribution in [-0.4, -0.2) is 31.5 Å². The minimum Gasteiger partial charge on any atom is -0.478 e. The van der Waals surface area contributed by atoms with Crippen LogP contribution in [0, 0.1) is 0 Å². The number of halogens is 5. The lowest BCUT2D eigenvalue weighted by molar-refractivity contribution is -0.274. The Morgan fingerprint density at radius 3 is 2.18 bits per heavy atom. The Morgan fingerprint density at radius 1 is 0.947 bits per heavy atom. The Balaban J connectivity index is 1.73. The van der Waals surface area contributed by atoms with Gasteiger partial charge in [0.2, 0.25) is 0 Å². The second-order valence-corrected chi connectivity index (χ2v) is 9.64. The summed E-state index contributed by atoms with van der Waals surface area (Å²) in [4.78, 5) is 23.3. The summed E-state index contributed by atoms with van der Waals surface area (Å²) in [6.07, 6.45) is -5.11. The zero-order valence-electron chi connectivity index (χ0n) is 20.2. The molecular formula is C26H21Cl2F3N2O5. The molecule has 12 heteroatoms.